The monoisotopic (exact) mass is 252 g/mol. The maximum absolute atomic E-state index is 11.8. The zero-order chi connectivity index (χ0) is 11.2. The maximum atomic E-state index is 11.8. The van der Waals surface area contributed by atoms with Crippen LogP contribution in [0.5, 0.6) is 0 Å². The quantitative estimate of drug-likeness (QED) is 0.735. The lowest BCUT2D eigenvalue weighted by molar-refractivity contribution is 0.109. The molecule has 0 atom stereocenters. The topological polar surface area (TPSA) is 17.1 Å². The summed E-state index contributed by atoms with van der Waals surface area (Å²) in [5.41, 5.74) is 0.816. The molecule has 1 saturated carbocycles. The van der Waals surface area contributed by atoms with Crippen LogP contribution in [-0.2, 0) is 0 Å². The summed E-state index contributed by atoms with van der Waals surface area (Å²) in [6.45, 7) is 0. The van der Waals surface area contributed by atoms with E-state index in [0.717, 1.165) is 5.56 Å². The molecule has 3 heteroatoms. The Kier molecular flexibility index (Phi) is 4.79. The smallest absolute Gasteiger partial charge is 0.229 e. The van der Waals surface area contributed by atoms with Gasteiger partial charge in [-0.05, 0) is 23.6 Å². The van der Waals surface area contributed by atoms with Gasteiger partial charge >= 0.3 is 0 Å². The third-order valence-corrected chi connectivity index (χ3v) is 5.61. The maximum Gasteiger partial charge on any atom is 0.229 e. The summed E-state index contributed by atoms with van der Waals surface area (Å²) in [5, 5.41) is 0.877. The Bertz CT molecular complexity index is 331. The Labute approximate surface area is 105 Å². The van der Waals surface area contributed by atoms with Crippen LogP contribution in [0.15, 0.2) is 30.3 Å². The van der Waals surface area contributed by atoms with E-state index in [1.807, 2.05) is 30.3 Å². The van der Waals surface area contributed by atoms with Crippen molar-refractivity contribution in [1.82, 2.24) is 0 Å². The van der Waals surface area contributed by atoms with Crippen LogP contribution in [0, 0.1) is 0 Å². The predicted octanol–water partition coefficient (Wildman–Crippen LogP) is 4.54. The van der Waals surface area contributed by atoms with Crippen LogP contribution in [0.25, 0.3) is 0 Å². The van der Waals surface area contributed by atoms with E-state index in [-0.39, 0.29) is 5.12 Å². The fourth-order valence-corrected chi connectivity index (χ4v) is 4.41. The summed E-state index contributed by atoms with van der Waals surface area (Å²) >= 11 is 0. The molecule has 1 aliphatic rings. The van der Waals surface area contributed by atoms with Gasteiger partial charge in [0.25, 0.3) is 0 Å². The second kappa shape index (κ2) is 6.36. The molecule has 0 bridgehead atoms. The lowest BCUT2D eigenvalue weighted by atomic mass is 10.0. The van der Waals surface area contributed by atoms with Gasteiger partial charge < -0.3 is 0 Å². The van der Waals surface area contributed by atoms with E-state index in [9.17, 15) is 4.79 Å². The van der Waals surface area contributed by atoms with Crippen LogP contribution in [-0.4, -0.2) is 10.4 Å². The number of carbonyl (C=O) groups excluding carboxylic acids is 1. The van der Waals surface area contributed by atoms with Crippen LogP contribution in [0.3, 0.4) is 0 Å². The largest absolute Gasteiger partial charge is 0.281 e. The van der Waals surface area contributed by atoms with Gasteiger partial charge in [0.05, 0.1) is 0 Å². The zero-order valence-electron chi connectivity index (χ0n) is 9.22. The number of hydrogen-bond donors (Lipinski definition) is 0. The summed E-state index contributed by atoms with van der Waals surface area (Å²) in [5.74, 6) is 0. The molecule has 1 aromatic carbocycles. The third kappa shape index (κ3) is 3.56. The minimum absolute atomic E-state index is 0.191. The molecule has 1 fully saturated rings. The number of benzene rings is 1. The third-order valence-electron chi connectivity index (χ3n) is 2.82. The molecule has 1 nitrogen and oxygen atoms in total. The Morgan fingerprint density at radius 3 is 2.44 bits per heavy atom. The summed E-state index contributed by atoms with van der Waals surface area (Å²) in [6, 6.07) is 9.54. The summed E-state index contributed by atoms with van der Waals surface area (Å²) in [6.07, 6.45) is 6.59. The lowest BCUT2D eigenvalue weighted by Gasteiger charge is -2.19. The minimum atomic E-state index is 0.191. The average molecular weight is 252 g/mol. The van der Waals surface area contributed by atoms with E-state index in [4.69, 9.17) is 0 Å². The summed E-state index contributed by atoms with van der Waals surface area (Å²) < 4.78 is 0. The van der Waals surface area contributed by atoms with E-state index in [1.54, 1.807) is 10.8 Å². The minimum Gasteiger partial charge on any atom is -0.281 e. The molecule has 86 valence electrons. The first-order valence-corrected chi connectivity index (χ1v) is 8.00. The molecule has 0 radical (unpaired) electrons. The second-order valence-electron chi connectivity index (χ2n) is 4.09. The van der Waals surface area contributed by atoms with Gasteiger partial charge in [-0.25, -0.2) is 0 Å². The first kappa shape index (κ1) is 12.1. The van der Waals surface area contributed by atoms with Crippen LogP contribution < -0.4 is 0 Å². The highest BCUT2D eigenvalue weighted by Gasteiger charge is 2.16. The van der Waals surface area contributed by atoms with Crippen LogP contribution in [0.2, 0.25) is 0 Å². The van der Waals surface area contributed by atoms with Gasteiger partial charge in [-0.15, -0.1) is 0 Å². The van der Waals surface area contributed by atoms with E-state index >= 15 is 0 Å². The van der Waals surface area contributed by atoms with Crippen LogP contribution >= 0.6 is 21.6 Å². The van der Waals surface area contributed by atoms with E-state index in [0.29, 0.717) is 5.25 Å². The molecule has 0 spiro atoms. The standard InChI is InChI=1S/C13H16OS2/c14-13(11-7-3-1-4-8-11)16-15-12-9-5-2-6-10-12/h1,3-4,7-8,12H,2,5-6,9-10H2. The van der Waals surface area contributed by atoms with Crippen LogP contribution in [0.1, 0.15) is 42.5 Å². The van der Waals surface area contributed by atoms with Gasteiger partial charge in [0, 0.05) is 10.8 Å². The molecule has 16 heavy (non-hydrogen) atoms. The van der Waals surface area contributed by atoms with Crippen molar-refractivity contribution in [1.29, 1.82) is 0 Å². The molecule has 0 unspecified atom stereocenters. The molecule has 1 aliphatic carbocycles. The van der Waals surface area contributed by atoms with Gasteiger partial charge in [0.1, 0.15) is 0 Å². The molecule has 0 aromatic heterocycles. The Morgan fingerprint density at radius 2 is 1.75 bits per heavy atom. The van der Waals surface area contributed by atoms with Crippen LogP contribution in [0.4, 0.5) is 0 Å². The highest BCUT2D eigenvalue weighted by molar-refractivity contribution is 8.82. The first-order chi connectivity index (χ1) is 7.86. The first-order valence-electron chi connectivity index (χ1n) is 5.79. The molecule has 0 aliphatic heterocycles. The average Bonchev–Trinajstić information content (AvgIpc) is 2.38. The van der Waals surface area contributed by atoms with Gasteiger partial charge in [-0.3, -0.25) is 4.79 Å². The molecule has 0 heterocycles. The SMILES string of the molecule is O=C(SSC1CCCCC1)c1ccccc1. The van der Waals surface area contributed by atoms with Gasteiger partial charge in [-0.2, -0.15) is 0 Å². The van der Waals surface area contributed by atoms with Crippen molar-refractivity contribution < 1.29 is 4.79 Å². The molecule has 0 saturated heterocycles. The predicted molar refractivity (Wildman–Crippen MR) is 72.8 cm³/mol. The molecular formula is C13H16OS2. The van der Waals surface area contributed by atoms with Crippen molar-refractivity contribution in [2.75, 3.05) is 0 Å². The number of hydrogen-bond acceptors (Lipinski definition) is 3. The van der Waals surface area contributed by atoms with Gasteiger partial charge in [0.15, 0.2) is 0 Å². The molecule has 0 N–H and O–H groups in total. The fourth-order valence-electron chi connectivity index (χ4n) is 1.90. The van der Waals surface area contributed by atoms with Crippen molar-refractivity contribution in [2.24, 2.45) is 0 Å². The van der Waals surface area contributed by atoms with E-state index < -0.39 is 0 Å². The molecule has 1 aromatic rings. The van der Waals surface area contributed by atoms with E-state index in [2.05, 4.69) is 0 Å². The highest BCUT2D eigenvalue weighted by atomic mass is 33.1. The molecular weight excluding hydrogens is 236 g/mol. The second-order valence-corrected chi connectivity index (χ2v) is 6.57. The number of rotatable bonds is 3. The Morgan fingerprint density at radius 1 is 1.06 bits per heavy atom. The van der Waals surface area contributed by atoms with Gasteiger partial charge in [-0.1, -0.05) is 60.4 Å². The fraction of sp³-hybridized carbons (Fsp3) is 0.462. The van der Waals surface area contributed by atoms with Crippen molar-refractivity contribution in [3.63, 3.8) is 0 Å². The molecule has 2 rings (SSSR count). The Balaban J connectivity index is 1.79. The highest BCUT2D eigenvalue weighted by Crippen LogP contribution is 2.37. The Hall–Kier alpha value is -0.410. The lowest BCUT2D eigenvalue weighted by Crippen LogP contribution is -2.07. The normalized spacial score (nSPS) is 17.2. The van der Waals surface area contributed by atoms with Crippen molar-refractivity contribution >= 4 is 26.7 Å². The van der Waals surface area contributed by atoms with Gasteiger partial charge in [0.2, 0.25) is 5.12 Å². The summed E-state index contributed by atoms with van der Waals surface area (Å²) in [7, 11) is 3.18. The van der Waals surface area contributed by atoms with Crippen molar-refractivity contribution in [3.8, 4) is 0 Å². The van der Waals surface area contributed by atoms with E-state index in [1.165, 1.54) is 42.9 Å². The van der Waals surface area contributed by atoms with Crippen molar-refractivity contribution in [3.05, 3.63) is 35.9 Å². The van der Waals surface area contributed by atoms with Crippen molar-refractivity contribution in [2.45, 2.75) is 37.4 Å². The summed E-state index contributed by atoms with van der Waals surface area (Å²) in [4.78, 5) is 11.8. The molecule has 0 amide bonds. The zero-order valence-corrected chi connectivity index (χ0v) is 10.9. The number of carbonyl (C=O) groups is 1.